The number of ether oxygens (including phenoxy) is 4. The van der Waals surface area contributed by atoms with Crippen LogP contribution in [0.4, 0.5) is 0 Å². The van der Waals surface area contributed by atoms with Gasteiger partial charge in [0.25, 0.3) is 0 Å². The Bertz CT molecular complexity index is 1650. The number of carbonyl (C=O) groups excluding carboxylic acids is 4. The van der Waals surface area contributed by atoms with Crippen LogP contribution >= 0.6 is 0 Å². The average molecular weight is 888 g/mol. The zero-order chi connectivity index (χ0) is 45.8. The molecule has 0 radical (unpaired) electrons. The molecule has 0 aromatic carbocycles. The number of fused-ring (bicyclic) bond motifs is 4. The van der Waals surface area contributed by atoms with Crippen LogP contribution in [0.3, 0.4) is 0 Å². The van der Waals surface area contributed by atoms with Crippen molar-refractivity contribution < 1.29 is 77.2 Å². The summed E-state index contributed by atoms with van der Waals surface area (Å²) in [7, 11) is 0. The molecule has 0 amide bonds. The lowest BCUT2D eigenvalue weighted by molar-refractivity contribution is -0.345. The first kappa shape index (κ1) is 49.3. The average Bonchev–Trinajstić information content (AvgIpc) is 3.72. The molecule has 16 nitrogen and oxygen atoms in total. The van der Waals surface area contributed by atoms with Gasteiger partial charge in [0.2, 0.25) is 0 Å². The van der Waals surface area contributed by atoms with Crippen molar-refractivity contribution in [3.63, 3.8) is 0 Å². The summed E-state index contributed by atoms with van der Waals surface area (Å²) >= 11 is 0. The highest BCUT2D eigenvalue weighted by Crippen LogP contribution is 2.57. The second kappa shape index (κ2) is 20.2. The highest BCUT2D eigenvalue weighted by Gasteiger charge is 2.77. The number of carbonyl (C=O) groups is 4. The standard InChI is InChI=1S/C46H68BO16/c1-29-19-15-11-7-9-13-17-21-33(48)28-36(51)32(4)38-24-26-44(6,55)46(59-38)40-42(53)57-30(2)20-16-12-8-10-14-18-22-34(49)27-35(50)31(3)37-23-25-43(5,54)45(58-37)39(41(52)56-29)60-47(61-40,62-45)63-46/h7-14,29-34,37-40,48-49,54-55H,15-28H2,1-6H3/q-1/b11-7-,12-8-,13-9+,14-10+/t29-,30-,31-,32+,33+,34-,37+,38+,39+,40+,43+,44+,45-,46-,47?/m1/s1. The lowest BCUT2D eigenvalue weighted by Gasteiger charge is -2.53. The summed E-state index contributed by atoms with van der Waals surface area (Å²) < 4.78 is 51.2. The quantitative estimate of drug-likeness (QED) is 0.192. The first-order valence-electron chi connectivity index (χ1n) is 22.9. The van der Waals surface area contributed by atoms with Crippen LogP contribution in [0.2, 0.25) is 0 Å². The molecule has 0 saturated carbocycles. The van der Waals surface area contributed by atoms with Gasteiger partial charge in [0, 0.05) is 24.7 Å². The maximum absolute atomic E-state index is 14.5. The molecule has 7 bridgehead atoms. The third-order valence-corrected chi connectivity index (χ3v) is 13.6. The number of esters is 2. The molecule has 1 unspecified atom stereocenters. The van der Waals surface area contributed by atoms with Crippen LogP contribution in [-0.2, 0) is 56.7 Å². The third-order valence-electron chi connectivity index (χ3n) is 13.6. The van der Waals surface area contributed by atoms with E-state index in [4.69, 9.17) is 37.6 Å². The van der Waals surface area contributed by atoms with E-state index in [0.717, 1.165) is 0 Å². The number of rotatable bonds is 0. The van der Waals surface area contributed by atoms with E-state index < -0.39 is 102 Å². The van der Waals surface area contributed by atoms with Gasteiger partial charge in [0.1, 0.15) is 22.8 Å². The van der Waals surface area contributed by atoms with E-state index in [1.807, 2.05) is 48.6 Å². The van der Waals surface area contributed by atoms with E-state index in [9.17, 15) is 39.6 Å². The van der Waals surface area contributed by atoms with Gasteiger partial charge in [0.05, 0.1) is 36.6 Å². The van der Waals surface area contributed by atoms with Gasteiger partial charge in [-0.1, -0.05) is 62.5 Å². The number of hydrogen-bond donors (Lipinski definition) is 4. The van der Waals surface area contributed by atoms with Crippen LogP contribution in [0.5, 0.6) is 0 Å². The lowest BCUT2D eigenvalue weighted by Crippen LogP contribution is -2.68. The molecule has 0 aromatic rings. The van der Waals surface area contributed by atoms with Crippen molar-refractivity contribution in [3.05, 3.63) is 48.6 Å². The molecule has 4 fully saturated rings. The first-order valence-corrected chi connectivity index (χ1v) is 22.9. The van der Waals surface area contributed by atoms with E-state index in [2.05, 4.69) is 0 Å². The van der Waals surface area contributed by atoms with Crippen LogP contribution in [0.15, 0.2) is 48.6 Å². The molecule has 6 aliphatic heterocycles. The van der Waals surface area contributed by atoms with Crippen molar-refractivity contribution in [2.24, 2.45) is 11.8 Å². The predicted octanol–water partition coefficient (Wildman–Crippen LogP) is 4.65. The fraction of sp³-hybridized carbons (Fsp3) is 0.739. The molecule has 15 atom stereocenters. The summed E-state index contributed by atoms with van der Waals surface area (Å²) in [6, 6.07) is 0. The van der Waals surface area contributed by atoms with E-state index in [1.54, 1.807) is 27.7 Å². The molecule has 17 heteroatoms. The summed E-state index contributed by atoms with van der Waals surface area (Å²) in [5.41, 5.74) is -4.13. The van der Waals surface area contributed by atoms with Gasteiger partial charge >= 0.3 is 18.9 Å². The minimum Gasteiger partial charge on any atom is -0.504 e. The molecule has 3 spiro atoms. The minimum atomic E-state index is -3.90. The Balaban J connectivity index is 1.47. The van der Waals surface area contributed by atoms with Gasteiger partial charge in [-0.15, -0.1) is 0 Å². The molecule has 4 saturated heterocycles. The van der Waals surface area contributed by atoms with E-state index >= 15 is 0 Å². The molecule has 4 N–H and O–H groups in total. The summed E-state index contributed by atoms with van der Waals surface area (Å²) in [6.45, 7) is 5.49. The smallest absolute Gasteiger partial charge is 0.504 e. The van der Waals surface area contributed by atoms with Gasteiger partial charge in [-0.25, -0.2) is 9.59 Å². The second-order valence-corrected chi connectivity index (χ2v) is 18.9. The van der Waals surface area contributed by atoms with E-state index in [1.165, 1.54) is 13.8 Å². The number of aliphatic hydroxyl groups excluding tert-OH is 2. The first-order chi connectivity index (χ1) is 29.7. The van der Waals surface area contributed by atoms with Crippen LogP contribution in [-0.4, -0.2) is 122 Å². The predicted molar refractivity (Wildman–Crippen MR) is 227 cm³/mol. The van der Waals surface area contributed by atoms with Gasteiger partial charge in [-0.05, 0) is 105 Å². The Kier molecular flexibility index (Phi) is 15.8. The molecule has 6 rings (SSSR count). The molecule has 0 aromatic heterocycles. The maximum atomic E-state index is 14.5. The number of Topliss-reactive ketones (excluding diaryl/α,β-unsaturated/α-hetero) is 2. The SMILES string of the molecule is C[C@@H]1CC/C=C\C=C\CC[C@H](O)CC(=O)[C@H](C)[C@@H]2CC[C@](C)(O)[C@]3(O2)O[B-]24O[C@@H](C(=O)O1)[C@@]1(O[C@@H](CC[C@]1(C)O)[C@H](C)C(=O)C[C@H](O)CC/C=C/C=C\CC[C@@H](C)OC(=O)[C@@H]3O2)O4. The molecule has 6 aliphatic rings. The van der Waals surface area contributed by atoms with Crippen molar-refractivity contribution in [2.75, 3.05) is 0 Å². The van der Waals surface area contributed by atoms with Crippen molar-refractivity contribution in [2.45, 2.75) is 203 Å². The van der Waals surface area contributed by atoms with Crippen LogP contribution < -0.4 is 0 Å². The number of hydrogen-bond acceptors (Lipinski definition) is 16. The number of cyclic esters (lactones) is 2. The van der Waals surface area contributed by atoms with Crippen molar-refractivity contribution in [1.82, 2.24) is 0 Å². The molecular formula is C46H68BO16-. The monoisotopic (exact) mass is 887 g/mol. The van der Waals surface area contributed by atoms with Gasteiger partial charge < -0.3 is 58.0 Å². The molecular weight excluding hydrogens is 819 g/mol. The molecule has 0 aliphatic carbocycles. The normalized spacial score (nSPS) is 47.5. The van der Waals surface area contributed by atoms with Gasteiger partial charge in [-0.3, -0.25) is 9.59 Å². The Hall–Kier alpha value is -3.10. The van der Waals surface area contributed by atoms with E-state index in [0.29, 0.717) is 51.4 Å². The highest BCUT2D eigenvalue weighted by atomic mass is 17.0. The topological polar surface area (TPSA) is 223 Å². The van der Waals surface area contributed by atoms with Gasteiger partial charge in [-0.2, -0.15) is 0 Å². The van der Waals surface area contributed by atoms with Crippen LogP contribution in [0.25, 0.3) is 0 Å². The fourth-order valence-electron chi connectivity index (χ4n) is 9.40. The Labute approximate surface area is 370 Å². The summed E-state index contributed by atoms with van der Waals surface area (Å²) in [5, 5.41) is 46.4. The molecule has 6 heterocycles. The lowest BCUT2D eigenvalue weighted by atomic mass is 9.79. The number of aliphatic hydroxyl groups is 4. The highest BCUT2D eigenvalue weighted by molar-refractivity contribution is 6.56. The zero-order valence-electron chi connectivity index (χ0n) is 37.6. The number of allylic oxidation sites excluding steroid dienone is 8. The largest absolute Gasteiger partial charge is 0.536 e. The summed E-state index contributed by atoms with van der Waals surface area (Å²) in [6.07, 6.45) is 8.97. The van der Waals surface area contributed by atoms with Crippen LogP contribution in [0.1, 0.15) is 131 Å². The summed E-state index contributed by atoms with van der Waals surface area (Å²) in [4.78, 5) is 56.6. The molecule has 352 valence electrons. The molecule has 63 heavy (non-hydrogen) atoms. The Morgan fingerprint density at radius 3 is 1.27 bits per heavy atom. The maximum Gasteiger partial charge on any atom is 0.536 e. The van der Waals surface area contributed by atoms with Crippen molar-refractivity contribution >= 4 is 30.5 Å². The Morgan fingerprint density at radius 2 is 0.905 bits per heavy atom. The fourth-order valence-corrected chi connectivity index (χ4v) is 9.40. The zero-order valence-corrected chi connectivity index (χ0v) is 37.6. The van der Waals surface area contributed by atoms with Crippen molar-refractivity contribution in [1.29, 1.82) is 0 Å². The minimum absolute atomic E-state index is 0.0841. The van der Waals surface area contributed by atoms with Gasteiger partial charge in [0.15, 0.2) is 23.8 Å². The van der Waals surface area contributed by atoms with Crippen LogP contribution in [0, 0.1) is 11.8 Å². The van der Waals surface area contributed by atoms with Crippen molar-refractivity contribution in [3.8, 4) is 0 Å². The number of ketones is 2. The Morgan fingerprint density at radius 1 is 0.556 bits per heavy atom. The third kappa shape index (κ3) is 10.8. The second-order valence-electron chi connectivity index (χ2n) is 18.9. The summed E-state index contributed by atoms with van der Waals surface area (Å²) in [5.74, 6) is -9.43. The van der Waals surface area contributed by atoms with E-state index in [-0.39, 0.29) is 50.1 Å².